The van der Waals surface area contributed by atoms with E-state index in [-0.39, 0.29) is 0 Å². The molecule has 2 heterocycles. The Morgan fingerprint density at radius 2 is 2.00 bits per heavy atom. The molecule has 2 aromatic rings. The number of nitrogens with zero attached hydrogens (tertiary/aromatic N) is 2. The van der Waals surface area contributed by atoms with E-state index in [1.165, 1.54) is 48.9 Å². The molecule has 0 spiro atoms. The van der Waals surface area contributed by atoms with Crippen LogP contribution in [0.15, 0.2) is 30.5 Å². The molecular formula is C18H25N3. The number of rotatable bonds is 3. The van der Waals surface area contributed by atoms with Gasteiger partial charge in [0.2, 0.25) is 0 Å². The van der Waals surface area contributed by atoms with Crippen LogP contribution in [-0.4, -0.2) is 29.5 Å². The topological polar surface area (TPSA) is 42.2 Å². The molecule has 0 aliphatic carbocycles. The van der Waals surface area contributed by atoms with Gasteiger partial charge in [0, 0.05) is 29.7 Å². The maximum atomic E-state index is 5.89. The molecule has 0 saturated carbocycles. The third-order valence-electron chi connectivity index (χ3n) is 4.42. The smallest absolute Gasteiger partial charge is 0.0513 e. The Balaban J connectivity index is 1.79. The van der Waals surface area contributed by atoms with E-state index >= 15 is 0 Å². The predicted octanol–water partition coefficient (Wildman–Crippen LogP) is 3.65. The zero-order valence-corrected chi connectivity index (χ0v) is 13.0. The molecule has 0 atom stereocenters. The number of fused-ring (bicyclic) bond motifs is 1. The summed E-state index contributed by atoms with van der Waals surface area (Å²) in [5, 5.41) is 2.48. The number of aromatic nitrogens is 1. The van der Waals surface area contributed by atoms with Gasteiger partial charge in [0.25, 0.3) is 0 Å². The van der Waals surface area contributed by atoms with E-state index in [0.717, 1.165) is 11.6 Å². The Morgan fingerprint density at radius 3 is 2.71 bits per heavy atom. The van der Waals surface area contributed by atoms with Crippen molar-refractivity contribution in [3.63, 3.8) is 0 Å². The highest BCUT2D eigenvalue weighted by Gasteiger charge is 2.23. The van der Waals surface area contributed by atoms with E-state index in [2.05, 4.69) is 41.9 Å². The van der Waals surface area contributed by atoms with Crippen molar-refractivity contribution in [2.75, 3.05) is 25.4 Å². The van der Waals surface area contributed by atoms with Crippen molar-refractivity contribution in [3.8, 4) is 0 Å². The average Bonchev–Trinajstić information content (AvgIpc) is 2.46. The first-order chi connectivity index (χ1) is 10.1. The summed E-state index contributed by atoms with van der Waals surface area (Å²) < 4.78 is 0. The lowest BCUT2D eigenvalue weighted by Gasteiger charge is -2.33. The van der Waals surface area contributed by atoms with Crippen molar-refractivity contribution < 1.29 is 0 Å². The number of nitrogens with two attached hydrogens (primary N) is 1. The van der Waals surface area contributed by atoms with Crippen LogP contribution in [0.5, 0.6) is 0 Å². The fraction of sp³-hybridized carbons (Fsp3) is 0.500. The lowest BCUT2D eigenvalue weighted by atomic mass is 9.90. The zero-order valence-electron chi connectivity index (χ0n) is 13.0. The number of pyridine rings is 1. The number of hydrogen-bond donors (Lipinski definition) is 1. The van der Waals surface area contributed by atoms with Crippen LogP contribution in [0.1, 0.15) is 38.3 Å². The number of nitrogen functional groups attached to an aromatic ring is 1. The lowest BCUT2D eigenvalue weighted by Crippen LogP contribution is -2.35. The van der Waals surface area contributed by atoms with Gasteiger partial charge in [-0.15, -0.1) is 0 Å². The van der Waals surface area contributed by atoms with Gasteiger partial charge in [-0.1, -0.05) is 19.9 Å². The molecule has 3 nitrogen and oxygen atoms in total. The summed E-state index contributed by atoms with van der Waals surface area (Å²) in [5.74, 6) is 1.33. The average molecular weight is 283 g/mol. The first-order valence-corrected chi connectivity index (χ1v) is 8.00. The number of hydrogen-bond acceptors (Lipinski definition) is 3. The molecule has 2 N–H and O–H groups in total. The largest absolute Gasteiger partial charge is 0.399 e. The van der Waals surface area contributed by atoms with Gasteiger partial charge in [-0.05, 0) is 55.4 Å². The first-order valence-electron chi connectivity index (χ1n) is 8.00. The van der Waals surface area contributed by atoms with E-state index in [1.54, 1.807) is 0 Å². The van der Waals surface area contributed by atoms with Crippen molar-refractivity contribution in [3.05, 3.63) is 36.2 Å². The molecule has 0 amide bonds. The summed E-state index contributed by atoms with van der Waals surface area (Å²) in [6, 6.07) is 8.23. The second-order valence-corrected chi connectivity index (χ2v) is 6.65. The van der Waals surface area contributed by atoms with Crippen LogP contribution in [0, 0.1) is 5.92 Å². The van der Waals surface area contributed by atoms with Crippen molar-refractivity contribution in [1.82, 2.24) is 9.88 Å². The maximum Gasteiger partial charge on any atom is 0.0513 e. The lowest BCUT2D eigenvalue weighted by molar-refractivity contribution is 0.191. The normalized spacial score (nSPS) is 17.7. The highest BCUT2D eigenvalue weighted by atomic mass is 15.1. The highest BCUT2D eigenvalue weighted by Crippen LogP contribution is 2.32. The molecule has 0 bridgehead atoms. The van der Waals surface area contributed by atoms with E-state index in [4.69, 9.17) is 5.73 Å². The predicted molar refractivity (Wildman–Crippen MR) is 89.4 cm³/mol. The Hall–Kier alpha value is -1.61. The van der Waals surface area contributed by atoms with E-state index in [0.29, 0.717) is 5.92 Å². The van der Waals surface area contributed by atoms with Crippen molar-refractivity contribution in [2.24, 2.45) is 5.92 Å². The quantitative estimate of drug-likeness (QED) is 0.874. The van der Waals surface area contributed by atoms with E-state index in [9.17, 15) is 0 Å². The third kappa shape index (κ3) is 3.18. The third-order valence-corrected chi connectivity index (χ3v) is 4.42. The van der Waals surface area contributed by atoms with Gasteiger partial charge in [-0.2, -0.15) is 0 Å². The Kier molecular flexibility index (Phi) is 4.11. The molecule has 0 unspecified atom stereocenters. The molecule has 1 aliphatic heterocycles. The first kappa shape index (κ1) is 14.3. The van der Waals surface area contributed by atoms with Crippen LogP contribution >= 0.6 is 0 Å². The van der Waals surface area contributed by atoms with Crippen LogP contribution in [0.25, 0.3) is 10.8 Å². The molecule has 1 aromatic carbocycles. The Bertz CT molecular complexity index is 613. The van der Waals surface area contributed by atoms with Gasteiger partial charge < -0.3 is 10.6 Å². The van der Waals surface area contributed by atoms with Gasteiger partial charge in [-0.3, -0.25) is 4.98 Å². The second kappa shape index (κ2) is 6.02. The van der Waals surface area contributed by atoms with E-state index < -0.39 is 0 Å². The molecule has 3 rings (SSSR count). The molecule has 3 heteroatoms. The molecule has 0 radical (unpaired) electrons. The van der Waals surface area contributed by atoms with Crippen LogP contribution in [-0.2, 0) is 0 Å². The Labute approximate surface area is 127 Å². The van der Waals surface area contributed by atoms with Gasteiger partial charge >= 0.3 is 0 Å². The van der Waals surface area contributed by atoms with Crippen LogP contribution in [0.3, 0.4) is 0 Å². The molecule has 21 heavy (non-hydrogen) atoms. The molecule has 1 aromatic heterocycles. The summed E-state index contributed by atoms with van der Waals surface area (Å²) in [4.78, 5) is 7.27. The van der Waals surface area contributed by atoms with Crippen molar-refractivity contribution in [2.45, 2.75) is 32.6 Å². The highest BCUT2D eigenvalue weighted by molar-refractivity contribution is 5.87. The van der Waals surface area contributed by atoms with Gasteiger partial charge in [0.15, 0.2) is 0 Å². The number of piperidine rings is 1. The number of likely N-dealkylation sites (tertiary alicyclic amines) is 1. The van der Waals surface area contributed by atoms with Crippen LogP contribution in [0.4, 0.5) is 5.69 Å². The fourth-order valence-corrected chi connectivity index (χ4v) is 3.45. The SMILES string of the molecule is CC(C)CN1CCC(c2nccc3cc(N)ccc23)CC1. The molecular weight excluding hydrogens is 258 g/mol. The minimum Gasteiger partial charge on any atom is -0.399 e. The summed E-state index contributed by atoms with van der Waals surface area (Å²) in [6.45, 7) is 8.18. The summed E-state index contributed by atoms with van der Waals surface area (Å²) in [6.07, 6.45) is 4.35. The molecule has 112 valence electrons. The van der Waals surface area contributed by atoms with Gasteiger partial charge in [0.1, 0.15) is 0 Å². The summed E-state index contributed by atoms with van der Waals surface area (Å²) in [7, 11) is 0. The van der Waals surface area contributed by atoms with E-state index in [1.807, 2.05) is 12.3 Å². The zero-order chi connectivity index (χ0) is 14.8. The number of anilines is 1. The Morgan fingerprint density at radius 1 is 1.24 bits per heavy atom. The van der Waals surface area contributed by atoms with Crippen LogP contribution in [0.2, 0.25) is 0 Å². The standard InChI is InChI=1S/C18H25N3/c1-13(2)12-21-9-6-14(7-10-21)18-17-4-3-16(19)11-15(17)5-8-20-18/h3-5,8,11,13-14H,6-7,9-10,12,19H2,1-2H3. The van der Waals surface area contributed by atoms with Crippen LogP contribution < -0.4 is 5.73 Å². The monoisotopic (exact) mass is 283 g/mol. The minimum absolute atomic E-state index is 0.584. The summed E-state index contributed by atoms with van der Waals surface area (Å²) in [5.41, 5.74) is 7.98. The summed E-state index contributed by atoms with van der Waals surface area (Å²) >= 11 is 0. The maximum absolute atomic E-state index is 5.89. The second-order valence-electron chi connectivity index (χ2n) is 6.65. The molecule has 1 fully saturated rings. The molecule has 1 aliphatic rings. The number of benzene rings is 1. The van der Waals surface area contributed by atoms with Gasteiger partial charge in [-0.25, -0.2) is 0 Å². The fourth-order valence-electron chi connectivity index (χ4n) is 3.45. The molecule has 1 saturated heterocycles. The minimum atomic E-state index is 0.584. The van der Waals surface area contributed by atoms with Gasteiger partial charge in [0.05, 0.1) is 5.69 Å². The van der Waals surface area contributed by atoms with Crippen molar-refractivity contribution in [1.29, 1.82) is 0 Å². The van der Waals surface area contributed by atoms with Crippen molar-refractivity contribution >= 4 is 16.5 Å².